The first-order valence-electron chi connectivity index (χ1n) is 13.0. The number of nitrogens with one attached hydrogen (secondary N) is 1. The Morgan fingerprint density at radius 3 is 2.49 bits per heavy atom. The molecule has 0 fully saturated rings. The highest BCUT2D eigenvalue weighted by Gasteiger charge is 2.36. The van der Waals surface area contributed by atoms with Crippen molar-refractivity contribution in [2.24, 2.45) is 0 Å². The van der Waals surface area contributed by atoms with Crippen LogP contribution in [0.4, 0.5) is 11.6 Å². The maximum absolute atomic E-state index is 13.5. The largest absolute Gasteiger partial charge is 0.461 e. The van der Waals surface area contributed by atoms with Crippen LogP contribution in [0.3, 0.4) is 0 Å². The number of likely N-dealkylation sites (N-methyl/N-ethyl adjacent to an activating group) is 1. The number of nitro groups is 1. The minimum absolute atomic E-state index is 0.0304. The Balaban J connectivity index is 2.07. The van der Waals surface area contributed by atoms with E-state index in [1.165, 1.54) is 12.1 Å². The summed E-state index contributed by atoms with van der Waals surface area (Å²) in [5.74, 6) is 0.152. The number of benzene rings is 1. The van der Waals surface area contributed by atoms with Crippen LogP contribution in [0.5, 0.6) is 0 Å². The lowest BCUT2D eigenvalue weighted by molar-refractivity contribution is -0.384. The molecule has 1 aromatic carbocycles. The molecule has 1 unspecified atom stereocenters. The van der Waals surface area contributed by atoms with Gasteiger partial charge in [-0.3, -0.25) is 15.0 Å². The topological polar surface area (TPSA) is 106 Å². The van der Waals surface area contributed by atoms with Gasteiger partial charge >= 0.3 is 5.97 Å². The molecule has 0 radical (unpaired) electrons. The molecule has 1 N–H and O–H groups in total. The van der Waals surface area contributed by atoms with E-state index in [0.717, 1.165) is 18.8 Å². The van der Waals surface area contributed by atoms with Gasteiger partial charge in [0.05, 0.1) is 28.4 Å². The van der Waals surface area contributed by atoms with Gasteiger partial charge in [-0.05, 0) is 53.3 Å². The van der Waals surface area contributed by atoms with Crippen LogP contribution >= 0.6 is 0 Å². The van der Waals surface area contributed by atoms with Crippen LogP contribution in [-0.4, -0.2) is 68.6 Å². The van der Waals surface area contributed by atoms with Crippen molar-refractivity contribution in [3.05, 3.63) is 63.1 Å². The second kappa shape index (κ2) is 12.3. The number of nitrogens with zero attached hydrogens (tertiary/aromatic N) is 5. The van der Waals surface area contributed by atoms with Crippen LogP contribution in [0.25, 0.3) is 0 Å². The fourth-order valence-electron chi connectivity index (χ4n) is 4.89. The molecule has 10 heteroatoms. The number of non-ortho nitro benzene ring substituents is 1. The Morgan fingerprint density at radius 1 is 1.22 bits per heavy atom. The number of anilines is 1. The summed E-state index contributed by atoms with van der Waals surface area (Å²) in [5.41, 5.74) is 2.55. The molecular formula is C27H40N6O4. The molecule has 10 nitrogen and oxygen atoms in total. The molecule has 2 aromatic rings. The zero-order valence-electron chi connectivity index (χ0n) is 23.0. The van der Waals surface area contributed by atoms with Crippen molar-refractivity contribution in [3.63, 3.8) is 0 Å². The molecule has 1 aliphatic heterocycles. The number of ether oxygens (including phenoxy) is 1. The lowest BCUT2D eigenvalue weighted by Gasteiger charge is -2.34. The van der Waals surface area contributed by atoms with Crippen molar-refractivity contribution in [1.29, 1.82) is 0 Å². The predicted octanol–water partition coefficient (Wildman–Crippen LogP) is 4.58. The third-order valence-electron chi connectivity index (χ3n) is 6.93. The number of esters is 1. The molecule has 0 bridgehead atoms. The quantitative estimate of drug-likeness (QED) is 0.250. The molecule has 0 saturated carbocycles. The van der Waals surface area contributed by atoms with E-state index in [-0.39, 0.29) is 12.3 Å². The lowest BCUT2D eigenvalue weighted by atomic mass is 9.94. The fraction of sp³-hybridized carbons (Fsp3) is 0.556. The van der Waals surface area contributed by atoms with Gasteiger partial charge in [0.25, 0.3) is 5.69 Å². The second-order valence-corrected chi connectivity index (χ2v) is 9.88. The van der Waals surface area contributed by atoms with Crippen LogP contribution in [0.15, 0.2) is 41.7 Å². The molecule has 37 heavy (non-hydrogen) atoms. The van der Waals surface area contributed by atoms with Crippen LogP contribution in [0, 0.1) is 10.1 Å². The van der Waals surface area contributed by atoms with Gasteiger partial charge in [0.2, 0.25) is 5.95 Å². The molecule has 0 amide bonds. The molecule has 1 atom stereocenters. The normalized spacial score (nSPS) is 15.5. The number of hydrogen-bond donors (Lipinski definition) is 1. The summed E-state index contributed by atoms with van der Waals surface area (Å²) in [6.45, 7) is 17.8. The molecule has 2 heterocycles. The van der Waals surface area contributed by atoms with Gasteiger partial charge in [-0.1, -0.05) is 26.0 Å². The summed E-state index contributed by atoms with van der Waals surface area (Å²) in [6.07, 6.45) is 1.81. The Kier molecular flexibility index (Phi) is 9.45. The maximum Gasteiger partial charge on any atom is 0.338 e. The first-order valence-corrected chi connectivity index (χ1v) is 13.0. The number of carbonyl (C=O) groups is 1. The lowest BCUT2D eigenvalue weighted by Crippen LogP contribution is -2.38. The summed E-state index contributed by atoms with van der Waals surface area (Å²) >= 11 is 0. The fourth-order valence-corrected chi connectivity index (χ4v) is 4.89. The molecule has 202 valence electrons. The van der Waals surface area contributed by atoms with Gasteiger partial charge < -0.3 is 19.5 Å². The van der Waals surface area contributed by atoms with Crippen molar-refractivity contribution >= 4 is 17.6 Å². The highest BCUT2D eigenvalue weighted by atomic mass is 16.6. The molecule has 1 aliphatic rings. The smallest absolute Gasteiger partial charge is 0.338 e. The van der Waals surface area contributed by atoms with E-state index in [1.54, 1.807) is 6.07 Å². The van der Waals surface area contributed by atoms with Gasteiger partial charge in [-0.15, -0.1) is 0 Å². The second-order valence-electron chi connectivity index (χ2n) is 9.88. The number of nitro benzene ring substituents is 1. The highest BCUT2D eigenvalue weighted by Crippen LogP contribution is 2.39. The van der Waals surface area contributed by atoms with Crippen molar-refractivity contribution in [2.45, 2.75) is 73.1 Å². The SMILES string of the molecule is CCN(CC)CCOC(=O)C1=C(C)Nc2ncc(CN(C(C)C)C(C)C)n2C1c1cccc([N+](=O)[O-])c1. The van der Waals surface area contributed by atoms with Crippen LogP contribution in [0.1, 0.15) is 65.8 Å². The highest BCUT2D eigenvalue weighted by molar-refractivity contribution is 5.92. The zero-order chi connectivity index (χ0) is 27.3. The minimum Gasteiger partial charge on any atom is -0.461 e. The average molecular weight is 513 g/mol. The Hall–Kier alpha value is -3.24. The first-order chi connectivity index (χ1) is 17.6. The summed E-state index contributed by atoms with van der Waals surface area (Å²) in [6, 6.07) is 6.42. The van der Waals surface area contributed by atoms with Crippen LogP contribution in [-0.2, 0) is 16.1 Å². The van der Waals surface area contributed by atoms with E-state index in [0.29, 0.717) is 48.0 Å². The van der Waals surface area contributed by atoms with Gasteiger partial charge in [0.15, 0.2) is 0 Å². The summed E-state index contributed by atoms with van der Waals surface area (Å²) in [7, 11) is 0. The van der Waals surface area contributed by atoms with Crippen LogP contribution < -0.4 is 5.32 Å². The minimum atomic E-state index is -0.615. The van der Waals surface area contributed by atoms with Crippen molar-refractivity contribution in [2.75, 3.05) is 31.6 Å². The van der Waals surface area contributed by atoms with Gasteiger partial charge in [-0.2, -0.15) is 0 Å². The standard InChI is InChI=1S/C27H40N6O4/c1-8-30(9-2)13-14-37-26(34)24-20(7)29-27-28-16-23(17-31(18(3)4)19(5)6)32(27)25(24)21-11-10-12-22(15-21)33(35)36/h10-12,15-16,18-19,25H,8-9,13-14,17H2,1-7H3,(H,28,29). The molecule has 0 saturated heterocycles. The van der Waals surface area contributed by atoms with E-state index >= 15 is 0 Å². The average Bonchev–Trinajstić information content (AvgIpc) is 3.25. The van der Waals surface area contributed by atoms with Crippen molar-refractivity contribution in [3.8, 4) is 0 Å². The van der Waals surface area contributed by atoms with Gasteiger partial charge in [-0.25, -0.2) is 9.78 Å². The van der Waals surface area contributed by atoms with Crippen molar-refractivity contribution < 1.29 is 14.5 Å². The summed E-state index contributed by atoms with van der Waals surface area (Å²) in [4.78, 5) is 33.8. The Bertz CT molecular complexity index is 1130. The monoisotopic (exact) mass is 512 g/mol. The molecule has 0 aliphatic carbocycles. The van der Waals surface area contributed by atoms with E-state index in [9.17, 15) is 14.9 Å². The summed E-state index contributed by atoms with van der Waals surface area (Å²) in [5, 5.41) is 14.9. The number of allylic oxidation sites excluding steroid dienone is 1. The number of imidazole rings is 1. The molecule has 3 rings (SSSR count). The van der Waals surface area contributed by atoms with E-state index in [2.05, 4.69) is 61.6 Å². The van der Waals surface area contributed by atoms with E-state index in [4.69, 9.17) is 4.74 Å². The Morgan fingerprint density at radius 2 is 1.89 bits per heavy atom. The van der Waals surface area contributed by atoms with Gasteiger partial charge in [0.1, 0.15) is 6.61 Å². The van der Waals surface area contributed by atoms with E-state index in [1.807, 2.05) is 23.8 Å². The number of hydrogen-bond acceptors (Lipinski definition) is 8. The number of aromatic nitrogens is 2. The molecular weight excluding hydrogens is 472 g/mol. The number of fused-ring (bicyclic) bond motifs is 1. The third kappa shape index (κ3) is 6.37. The molecule has 1 aromatic heterocycles. The predicted molar refractivity (Wildman–Crippen MR) is 144 cm³/mol. The third-order valence-corrected chi connectivity index (χ3v) is 6.93. The van der Waals surface area contributed by atoms with E-state index < -0.39 is 16.9 Å². The van der Waals surface area contributed by atoms with Crippen molar-refractivity contribution in [1.82, 2.24) is 19.4 Å². The maximum atomic E-state index is 13.5. The number of carbonyl (C=O) groups excluding carboxylic acids is 1. The van der Waals surface area contributed by atoms with Crippen LogP contribution in [0.2, 0.25) is 0 Å². The summed E-state index contributed by atoms with van der Waals surface area (Å²) < 4.78 is 7.73. The Labute approximate surface area is 219 Å². The molecule has 0 spiro atoms. The zero-order valence-corrected chi connectivity index (χ0v) is 23.0. The number of rotatable bonds is 12. The first kappa shape index (κ1) is 28.3. The van der Waals surface area contributed by atoms with Gasteiger partial charge in [0, 0.05) is 43.0 Å².